The van der Waals surface area contributed by atoms with Gasteiger partial charge in [-0.25, -0.2) is 4.79 Å². The van der Waals surface area contributed by atoms with Gasteiger partial charge in [-0.1, -0.05) is 58.3 Å². The summed E-state index contributed by atoms with van der Waals surface area (Å²) in [4.78, 5) is 22.4. The van der Waals surface area contributed by atoms with E-state index in [9.17, 15) is 9.59 Å². The Morgan fingerprint density at radius 2 is 1.38 bits per heavy atom. The Bertz CT molecular complexity index is 471. The van der Waals surface area contributed by atoms with Gasteiger partial charge in [-0.05, 0) is 30.7 Å². The fraction of sp³-hybridized carbons (Fsp3) is 0.579. The minimum atomic E-state index is -0.988. The van der Waals surface area contributed by atoms with Gasteiger partial charge in [0.15, 0.2) is 0 Å². The SMILES string of the molecule is CCCCCCCCCCCC(=O)Oc1ccc(C(=O)O)cc1.[NaH]. The van der Waals surface area contributed by atoms with Crippen LogP contribution in [0.4, 0.5) is 0 Å². The van der Waals surface area contributed by atoms with Crippen LogP contribution in [0.5, 0.6) is 5.75 Å². The summed E-state index contributed by atoms with van der Waals surface area (Å²) in [7, 11) is 0. The Hall–Kier alpha value is -0.840. The van der Waals surface area contributed by atoms with Crippen LogP contribution in [0.3, 0.4) is 0 Å². The summed E-state index contributed by atoms with van der Waals surface area (Å²) in [5, 5.41) is 8.80. The van der Waals surface area contributed by atoms with Crippen molar-refractivity contribution in [1.82, 2.24) is 0 Å². The number of benzene rings is 1. The van der Waals surface area contributed by atoms with Crippen molar-refractivity contribution >= 4 is 41.5 Å². The van der Waals surface area contributed by atoms with Crippen molar-refractivity contribution in [3.05, 3.63) is 29.8 Å². The van der Waals surface area contributed by atoms with Gasteiger partial charge in [0.1, 0.15) is 5.75 Å². The quantitative estimate of drug-likeness (QED) is 0.261. The van der Waals surface area contributed by atoms with Crippen LogP contribution in [0.25, 0.3) is 0 Å². The molecule has 1 rings (SSSR count). The van der Waals surface area contributed by atoms with E-state index in [1.54, 1.807) is 0 Å². The number of carboxylic acids is 1. The van der Waals surface area contributed by atoms with Gasteiger partial charge in [-0.3, -0.25) is 4.79 Å². The van der Waals surface area contributed by atoms with Crippen LogP contribution in [0.2, 0.25) is 0 Å². The Kier molecular flexibility index (Phi) is 14.0. The van der Waals surface area contributed by atoms with Gasteiger partial charge in [0, 0.05) is 6.42 Å². The van der Waals surface area contributed by atoms with Crippen molar-refractivity contribution in [2.75, 3.05) is 0 Å². The van der Waals surface area contributed by atoms with Gasteiger partial charge in [0.05, 0.1) is 5.56 Å². The Morgan fingerprint density at radius 1 is 0.875 bits per heavy atom. The number of hydrogen-bond donors (Lipinski definition) is 1. The maximum atomic E-state index is 11.7. The summed E-state index contributed by atoms with van der Waals surface area (Å²) >= 11 is 0. The number of hydrogen-bond acceptors (Lipinski definition) is 3. The molecule has 0 aliphatic carbocycles. The van der Waals surface area contributed by atoms with E-state index in [0.717, 1.165) is 12.8 Å². The van der Waals surface area contributed by atoms with Crippen molar-refractivity contribution in [3.8, 4) is 5.75 Å². The van der Waals surface area contributed by atoms with Gasteiger partial charge < -0.3 is 9.84 Å². The molecule has 4 nitrogen and oxygen atoms in total. The van der Waals surface area contributed by atoms with E-state index in [1.807, 2.05) is 0 Å². The third-order valence-electron chi connectivity index (χ3n) is 3.82. The number of carbonyl (C=O) groups is 2. The normalized spacial score (nSPS) is 10.0. The van der Waals surface area contributed by atoms with E-state index in [-0.39, 0.29) is 41.1 Å². The predicted octanol–water partition coefficient (Wildman–Crippen LogP) is 4.56. The van der Waals surface area contributed by atoms with E-state index in [1.165, 1.54) is 69.2 Å². The minimum absolute atomic E-state index is 0. The number of esters is 1. The van der Waals surface area contributed by atoms with Crippen molar-refractivity contribution < 1.29 is 19.4 Å². The van der Waals surface area contributed by atoms with E-state index in [4.69, 9.17) is 9.84 Å². The molecule has 5 heteroatoms. The molecule has 1 aromatic carbocycles. The molecule has 130 valence electrons. The van der Waals surface area contributed by atoms with Crippen molar-refractivity contribution in [2.45, 2.75) is 71.1 Å². The van der Waals surface area contributed by atoms with E-state index in [0.29, 0.717) is 12.2 Å². The second-order valence-corrected chi connectivity index (χ2v) is 5.88. The average Bonchev–Trinajstić information content (AvgIpc) is 2.54. The standard InChI is InChI=1S/C19H28O4.Na.H/c1-2-3-4-5-6-7-8-9-10-11-18(20)23-17-14-12-16(13-15-17)19(21)22;;/h12-15H,2-11H2,1H3,(H,21,22);;. The number of aromatic carboxylic acids is 1. The van der Waals surface area contributed by atoms with Crippen LogP contribution in [-0.4, -0.2) is 46.6 Å². The number of carbonyl (C=O) groups excluding carboxylic acids is 1. The summed E-state index contributed by atoms with van der Waals surface area (Å²) in [5.41, 5.74) is 0.184. The van der Waals surface area contributed by atoms with Gasteiger partial charge in [-0.15, -0.1) is 0 Å². The second-order valence-electron chi connectivity index (χ2n) is 5.88. The van der Waals surface area contributed by atoms with E-state index < -0.39 is 5.97 Å². The zero-order valence-corrected chi connectivity index (χ0v) is 14.1. The molecule has 0 saturated heterocycles. The summed E-state index contributed by atoms with van der Waals surface area (Å²) in [5.74, 6) is -0.843. The van der Waals surface area contributed by atoms with Gasteiger partial charge >= 0.3 is 41.5 Å². The van der Waals surface area contributed by atoms with Crippen LogP contribution in [0, 0.1) is 0 Å². The molecule has 0 aliphatic rings. The number of ether oxygens (including phenoxy) is 1. The molecule has 0 heterocycles. The van der Waals surface area contributed by atoms with Crippen LogP contribution < -0.4 is 4.74 Å². The Morgan fingerprint density at radius 3 is 1.88 bits per heavy atom. The summed E-state index contributed by atoms with van der Waals surface area (Å²) in [6, 6.07) is 5.89. The van der Waals surface area contributed by atoms with Crippen LogP contribution in [-0.2, 0) is 4.79 Å². The Labute approximate surface area is 167 Å². The summed E-state index contributed by atoms with van der Waals surface area (Å²) < 4.78 is 5.19. The van der Waals surface area contributed by atoms with Crippen LogP contribution in [0.15, 0.2) is 24.3 Å². The molecule has 0 amide bonds. The summed E-state index contributed by atoms with van der Waals surface area (Å²) in [6.45, 7) is 2.22. The third kappa shape index (κ3) is 10.8. The molecule has 0 radical (unpaired) electrons. The predicted molar refractivity (Wildman–Crippen MR) is 98.0 cm³/mol. The molecule has 0 fully saturated rings. The zero-order chi connectivity index (χ0) is 16.9. The second kappa shape index (κ2) is 14.5. The molecule has 1 N–H and O–H groups in total. The molecule has 0 aliphatic heterocycles. The number of unbranched alkanes of at least 4 members (excludes halogenated alkanes) is 8. The van der Waals surface area contributed by atoms with E-state index in [2.05, 4.69) is 6.92 Å². The van der Waals surface area contributed by atoms with Crippen LogP contribution in [0.1, 0.15) is 81.5 Å². The number of carboxylic acid groups (broad SMARTS) is 1. The van der Waals surface area contributed by atoms with Gasteiger partial charge in [0.2, 0.25) is 0 Å². The molecule has 0 unspecified atom stereocenters. The maximum absolute atomic E-state index is 11.7. The zero-order valence-electron chi connectivity index (χ0n) is 14.1. The molecular weight excluding hydrogens is 315 g/mol. The van der Waals surface area contributed by atoms with Crippen molar-refractivity contribution in [3.63, 3.8) is 0 Å². The summed E-state index contributed by atoms with van der Waals surface area (Å²) in [6.07, 6.45) is 11.3. The molecule has 0 atom stereocenters. The third-order valence-corrected chi connectivity index (χ3v) is 3.82. The first-order chi connectivity index (χ1) is 11.1. The first-order valence-corrected chi connectivity index (χ1v) is 8.67. The molecule has 0 bridgehead atoms. The topological polar surface area (TPSA) is 63.6 Å². The molecule has 1 aromatic rings. The fourth-order valence-electron chi connectivity index (χ4n) is 2.43. The first kappa shape index (κ1) is 23.2. The fourth-order valence-corrected chi connectivity index (χ4v) is 2.43. The van der Waals surface area contributed by atoms with Crippen molar-refractivity contribution in [2.24, 2.45) is 0 Å². The number of rotatable bonds is 12. The van der Waals surface area contributed by atoms with Gasteiger partial charge in [-0.2, -0.15) is 0 Å². The molecular formula is C19H29NaO4. The molecule has 0 saturated carbocycles. The first-order valence-electron chi connectivity index (χ1n) is 8.67. The van der Waals surface area contributed by atoms with Gasteiger partial charge in [0.25, 0.3) is 0 Å². The van der Waals surface area contributed by atoms with Crippen LogP contribution >= 0.6 is 0 Å². The Balaban J connectivity index is 0.00000529. The van der Waals surface area contributed by atoms with Crippen molar-refractivity contribution in [1.29, 1.82) is 0 Å². The average molecular weight is 344 g/mol. The molecule has 0 spiro atoms. The van der Waals surface area contributed by atoms with E-state index >= 15 is 0 Å². The molecule has 0 aromatic heterocycles. The molecule has 24 heavy (non-hydrogen) atoms. The monoisotopic (exact) mass is 344 g/mol.